The van der Waals surface area contributed by atoms with E-state index in [2.05, 4.69) is 10.3 Å². The van der Waals surface area contributed by atoms with Crippen LogP contribution >= 0.6 is 11.3 Å². The SMILES string of the molecule is Nc1ccc2nc(NC(=O)c3cccc(O)c3O)sc2c1. The second-order valence-electron chi connectivity index (χ2n) is 4.37. The van der Waals surface area contributed by atoms with Gasteiger partial charge in [-0.05, 0) is 30.3 Å². The van der Waals surface area contributed by atoms with Gasteiger partial charge in [-0.2, -0.15) is 0 Å². The van der Waals surface area contributed by atoms with Crippen LogP contribution in [0.1, 0.15) is 10.4 Å². The number of phenolic OH excluding ortho intramolecular Hbond substituents is 2. The third-order valence-electron chi connectivity index (χ3n) is 2.89. The number of thiazole rings is 1. The molecule has 3 aromatic rings. The summed E-state index contributed by atoms with van der Waals surface area (Å²) in [5.41, 5.74) is 7.02. The molecule has 0 spiro atoms. The van der Waals surface area contributed by atoms with Crippen LogP contribution in [0.2, 0.25) is 0 Å². The fourth-order valence-corrected chi connectivity index (χ4v) is 2.78. The van der Waals surface area contributed by atoms with Gasteiger partial charge in [-0.1, -0.05) is 17.4 Å². The van der Waals surface area contributed by atoms with Crippen LogP contribution < -0.4 is 11.1 Å². The minimum absolute atomic E-state index is 0.0197. The van der Waals surface area contributed by atoms with Crippen molar-refractivity contribution in [3.8, 4) is 11.5 Å². The maximum Gasteiger partial charge on any atom is 0.261 e. The summed E-state index contributed by atoms with van der Waals surface area (Å²) in [6.07, 6.45) is 0. The second kappa shape index (κ2) is 4.95. The summed E-state index contributed by atoms with van der Waals surface area (Å²) in [6.45, 7) is 0. The van der Waals surface area contributed by atoms with E-state index in [-0.39, 0.29) is 11.3 Å². The van der Waals surface area contributed by atoms with E-state index in [9.17, 15) is 15.0 Å². The van der Waals surface area contributed by atoms with Crippen LogP contribution in [0, 0.1) is 0 Å². The van der Waals surface area contributed by atoms with Crippen molar-refractivity contribution >= 4 is 38.3 Å². The highest BCUT2D eigenvalue weighted by Gasteiger charge is 2.15. The molecule has 0 aliphatic heterocycles. The van der Waals surface area contributed by atoms with E-state index in [4.69, 9.17) is 5.73 Å². The lowest BCUT2D eigenvalue weighted by atomic mass is 10.2. The van der Waals surface area contributed by atoms with Gasteiger partial charge in [0.1, 0.15) is 0 Å². The van der Waals surface area contributed by atoms with Crippen LogP contribution in [0.3, 0.4) is 0 Å². The normalized spacial score (nSPS) is 10.7. The summed E-state index contributed by atoms with van der Waals surface area (Å²) in [6, 6.07) is 9.46. The molecule has 1 heterocycles. The molecule has 0 fully saturated rings. The number of anilines is 2. The zero-order valence-corrected chi connectivity index (χ0v) is 11.5. The van der Waals surface area contributed by atoms with Gasteiger partial charge in [0, 0.05) is 5.69 Å². The standard InChI is InChI=1S/C14H11N3O3S/c15-7-4-5-9-11(6-7)21-14(16-9)17-13(20)8-2-1-3-10(18)12(8)19/h1-6,18-19H,15H2,(H,16,17,20). The molecule has 1 amide bonds. The predicted octanol–water partition coefficient (Wildman–Crippen LogP) is 2.54. The van der Waals surface area contributed by atoms with Crippen LogP contribution in [-0.4, -0.2) is 21.1 Å². The van der Waals surface area contributed by atoms with E-state index in [0.717, 1.165) is 10.2 Å². The summed E-state index contributed by atoms with van der Waals surface area (Å²) < 4.78 is 0.852. The van der Waals surface area contributed by atoms with Crippen LogP contribution in [0.4, 0.5) is 10.8 Å². The first-order valence-electron chi connectivity index (χ1n) is 6.03. The second-order valence-corrected chi connectivity index (χ2v) is 5.40. The van der Waals surface area contributed by atoms with Crippen molar-refractivity contribution in [2.45, 2.75) is 0 Å². The number of amides is 1. The topological polar surface area (TPSA) is 108 Å². The summed E-state index contributed by atoms with van der Waals surface area (Å²) in [5.74, 6) is -1.35. The number of benzene rings is 2. The number of nitrogens with one attached hydrogen (secondary N) is 1. The number of hydrogen-bond donors (Lipinski definition) is 4. The van der Waals surface area contributed by atoms with Crippen molar-refractivity contribution in [2.24, 2.45) is 0 Å². The summed E-state index contributed by atoms with van der Waals surface area (Å²) in [7, 11) is 0. The number of nitrogen functional groups attached to an aromatic ring is 1. The van der Waals surface area contributed by atoms with E-state index < -0.39 is 11.7 Å². The van der Waals surface area contributed by atoms with Gasteiger partial charge in [-0.15, -0.1) is 0 Å². The summed E-state index contributed by atoms with van der Waals surface area (Å²) in [5, 5.41) is 22.1. The number of fused-ring (bicyclic) bond motifs is 1. The maximum absolute atomic E-state index is 12.1. The Morgan fingerprint density at radius 1 is 1.24 bits per heavy atom. The van der Waals surface area contributed by atoms with Gasteiger partial charge in [0.15, 0.2) is 16.6 Å². The lowest BCUT2D eigenvalue weighted by Crippen LogP contribution is -2.11. The van der Waals surface area contributed by atoms with Crippen LogP contribution in [0.15, 0.2) is 36.4 Å². The largest absolute Gasteiger partial charge is 0.504 e. The van der Waals surface area contributed by atoms with E-state index in [1.165, 1.54) is 29.5 Å². The molecule has 3 rings (SSSR count). The molecule has 0 saturated carbocycles. The quantitative estimate of drug-likeness (QED) is 0.429. The van der Waals surface area contributed by atoms with Gasteiger partial charge in [-0.3, -0.25) is 10.1 Å². The number of rotatable bonds is 2. The fourth-order valence-electron chi connectivity index (χ4n) is 1.87. The fraction of sp³-hybridized carbons (Fsp3) is 0. The van der Waals surface area contributed by atoms with Gasteiger partial charge in [0.2, 0.25) is 0 Å². The summed E-state index contributed by atoms with van der Waals surface area (Å²) >= 11 is 1.28. The molecule has 0 aliphatic carbocycles. The number of phenols is 2. The molecule has 0 radical (unpaired) electrons. The molecule has 0 unspecified atom stereocenters. The number of carbonyl (C=O) groups is 1. The first kappa shape index (κ1) is 13.2. The Balaban J connectivity index is 1.91. The molecule has 7 heteroatoms. The molecule has 1 aromatic heterocycles. The van der Waals surface area contributed by atoms with Crippen LogP contribution in [-0.2, 0) is 0 Å². The Morgan fingerprint density at radius 3 is 2.86 bits per heavy atom. The van der Waals surface area contributed by atoms with Gasteiger partial charge in [0.05, 0.1) is 15.8 Å². The number of hydrogen-bond acceptors (Lipinski definition) is 6. The molecular formula is C14H11N3O3S. The van der Waals surface area contributed by atoms with Crippen molar-refractivity contribution in [1.82, 2.24) is 4.98 Å². The van der Waals surface area contributed by atoms with Crippen LogP contribution in [0.5, 0.6) is 11.5 Å². The highest BCUT2D eigenvalue weighted by molar-refractivity contribution is 7.22. The van der Waals surface area contributed by atoms with Gasteiger partial charge in [-0.25, -0.2) is 4.98 Å². The molecule has 6 nitrogen and oxygen atoms in total. The first-order valence-corrected chi connectivity index (χ1v) is 6.84. The lowest BCUT2D eigenvalue weighted by Gasteiger charge is -2.05. The molecule has 0 bridgehead atoms. The Hall–Kier alpha value is -2.80. The Morgan fingerprint density at radius 2 is 2.05 bits per heavy atom. The van der Waals surface area contributed by atoms with Crippen molar-refractivity contribution < 1.29 is 15.0 Å². The molecule has 0 aliphatic rings. The van der Waals surface area contributed by atoms with Gasteiger partial charge >= 0.3 is 0 Å². The molecule has 0 atom stereocenters. The van der Waals surface area contributed by atoms with Crippen molar-refractivity contribution in [2.75, 3.05) is 11.1 Å². The Kier molecular flexibility index (Phi) is 3.11. The molecule has 0 saturated heterocycles. The molecule has 2 aromatic carbocycles. The Labute approximate surface area is 123 Å². The number of para-hydroxylation sites is 1. The van der Waals surface area contributed by atoms with Crippen molar-refractivity contribution in [3.05, 3.63) is 42.0 Å². The monoisotopic (exact) mass is 301 g/mol. The highest BCUT2D eigenvalue weighted by Crippen LogP contribution is 2.31. The third-order valence-corrected chi connectivity index (χ3v) is 3.83. The number of carbonyl (C=O) groups excluding carboxylic acids is 1. The third kappa shape index (κ3) is 2.46. The smallest absolute Gasteiger partial charge is 0.261 e. The highest BCUT2D eigenvalue weighted by atomic mass is 32.1. The van der Waals surface area contributed by atoms with E-state index in [0.29, 0.717) is 10.8 Å². The van der Waals surface area contributed by atoms with E-state index >= 15 is 0 Å². The lowest BCUT2D eigenvalue weighted by molar-refractivity contribution is 0.102. The Bertz CT molecular complexity index is 845. The average molecular weight is 301 g/mol. The number of aromatic hydroxyl groups is 2. The first-order chi connectivity index (χ1) is 10.0. The molecule has 5 N–H and O–H groups in total. The van der Waals surface area contributed by atoms with E-state index in [1.807, 2.05) is 0 Å². The maximum atomic E-state index is 12.1. The minimum Gasteiger partial charge on any atom is -0.504 e. The van der Waals surface area contributed by atoms with Gasteiger partial charge in [0.25, 0.3) is 5.91 Å². The molecular weight excluding hydrogens is 290 g/mol. The molecule has 21 heavy (non-hydrogen) atoms. The number of aromatic nitrogens is 1. The minimum atomic E-state index is -0.546. The zero-order chi connectivity index (χ0) is 15.0. The average Bonchev–Trinajstić information content (AvgIpc) is 2.83. The molecule has 106 valence electrons. The van der Waals surface area contributed by atoms with E-state index in [1.54, 1.807) is 18.2 Å². The van der Waals surface area contributed by atoms with Crippen LogP contribution in [0.25, 0.3) is 10.2 Å². The predicted molar refractivity (Wildman–Crippen MR) is 81.8 cm³/mol. The number of nitrogens with zero attached hydrogens (tertiary/aromatic N) is 1. The zero-order valence-electron chi connectivity index (χ0n) is 10.7. The van der Waals surface area contributed by atoms with Crippen molar-refractivity contribution in [3.63, 3.8) is 0 Å². The number of nitrogens with two attached hydrogens (primary N) is 1. The van der Waals surface area contributed by atoms with Crippen molar-refractivity contribution in [1.29, 1.82) is 0 Å². The summed E-state index contributed by atoms with van der Waals surface area (Å²) in [4.78, 5) is 16.3. The van der Waals surface area contributed by atoms with Gasteiger partial charge < -0.3 is 15.9 Å².